The summed E-state index contributed by atoms with van der Waals surface area (Å²) in [6.45, 7) is 2.61. The van der Waals surface area contributed by atoms with Crippen LogP contribution in [-0.2, 0) is 16.1 Å². The second kappa shape index (κ2) is 7.69. The van der Waals surface area contributed by atoms with E-state index in [1.54, 1.807) is 12.4 Å². The van der Waals surface area contributed by atoms with Crippen LogP contribution in [0, 0.1) is 0 Å². The minimum Gasteiger partial charge on any atom is -0.371 e. The monoisotopic (exact) mass is 427 g/mol. The predicted octanol–water partition coefficient (Wildman–Crippen LogP) is 1.94. The Labute approximate surface area is 184 Å². The molecule has 1 N–H and O–H groups in total. The molecule has 4 aromatic rings. The summed E-state index contributed by atoms with van der Waals surface area (Å²) in [7, 11) is 0. The molecule has 0 spiro atoms. The van der Waals surface area contributed by atoms with E-state index in [9.17, 15) is 4.79 Å². The first-order valence-electron chi connectivity index (χ1n) is 10.6. The fourth-order valence-corrected chi connectivity index (χ4v) is 4.29. The quantitative estimate of drug-likeness (QED) is 0.534. The second-order valence-electron chi connectivity index (χ2n) is 7.92. The van der Waals surface area contributed by atoms with Crippen molar-refractivity contribution in [3.63, 3.8) is 0 Å². The van der Waals surface area contributed by atoms with Gasteiger partial charge in [0, 0.05) is 31.0 Å². The molecular formula is C23H21N7O2. The number of carbonyl (C=O) groups is 1. The lowest BCUT2D eigenvalue weighted by Gasteiger charge is -2.26. The maximum absolute atomic E-state index is 11.6. The number of rotatable bonds is 3. The molecular weight excluding hydrogens is 406 g/mol. The molecule has 6 rings (SSSR count). The van der Waals surface area contributed by atoms with E-state index in [0.717, 1.165) is 28.2 Å². The fourth-order valence-electron chi connectivity index (χ4n) is 4.29. The van der Waals surface area contributed by atoms with Crippen LogP contribution in [-0.4, -0.2) is 56.7 Å². The van der Waals surface area contributed by atoms with E-state index in [1.807, 2.05) is 35.2 Å². The van der Waals surface area contributed by atoms with Crippen molar-refractivity contribution in [1.82, 2.24) is 29.8 Å². The number of piperazine rings is 1. The van der Waals surface area contributed by atoms with Gasteiger partial charge in [0.15, 0.2) is 5.65 Å². The Hall–Kier alpha value is -3.85. The molecule has 32 heavy (non-hydrogen) atoms. The van der Waals surface area contributed by atoms with Crippen LogP contribution >= 0.6 is 0 Å². The van der Waals surface area contributed by atoms with Crippen molar-refractivity contribution < 1.29 is 9.53 Å². The number of hydrogen-bond acceptors (Lipinski definition) is 7. The number of ether oxygens (including phenoxy) is 1. The Morgan fingerprint density at radius 3 is 2.69 bits per heavy atom. The van der Waals surface area contributed by atoms with Gasteiger partial charge in [-0.15, -0.1) is 0 Å². The van der Waals surface area contributed by atoms with Crippen LogP contribution in [0.3, 0.4) is 0 Å². The summed E-state index contributed by atoms with van der Waals surface area (Å²) in [5, 5.41) is 2.81. The molecule has 2 aliphatic heterocycles. The zero-order valence-electron chi connectivity index (χ0n) is 17.3. The molecule has 0 bridgehead atoms. The van der Waals surface area contributed by atoms with Crippen molar-refractivity contribution in [3.05, 3.63) is 66.2 Å². The van der Waals surface area contributed by atoms with Gasteiger partial charge in [-0.3, -0.25) is 4.79 Å². The van der Waals surface area contributed by atoms with E-state index in [0.29, 0.717) is 32.3 Å². The first kappa shape index (κ1) is 18.9. The van der Waals surface area contributed by atoms with E-state index in [1.165, 1.54) is 5.56 Å². The van der Waals surface area contributed by atoms with Crippen molar-refractivity contribution in [1.29, 1.82) is 0 Å². The standard InChI is InChI=1S/C23H21N7O2/c31-21-12-29(9-8-24-21)23-25-10-16(11-26-23)17-6-7-18-22(28-17)30-19(13-32-14-20(30)27-18)15-4-2-1-3-5-15/h1-7,10-11,19H,8-9,12-14H2,(H,24,31)/t19-/m1/s1. The van der Waals surface area contributed by atoms with Gasteiger partial charge in [-0.1, -0.05) is 30.3 Å². The van der Waals surface area contributed by atoms with Gasteiger partial charge in [-0.25, -0.2) is 19.9 Å². The van der Waals surface area contributed by atoms with Gasteiger partial charge in [0.05, 0.1) is 24.9 Å². The predicted molar refractivity (Wildman–Crippen MR) is 118 cm³/mol. The van der Waals surface area contributed by atoms with Crippen molar-refractivity contribution in [2.75, 3.05) is 31.1 Å². The number of benzene rings is 1. The number of nitrogens with zero attached hydrogens (tertiary/aromatic N) is 6. The molecule has 0 unspecified atom stereocenters. The third kappa shape index (κ3) is 3.27. The van der Waals surface area contributed by atoms with Crippen molar-refractivity contribution in [2.45, 2.75) is 12.6 Å². The smallest absolute Gasteiger partial charge is 0.239 e. The zero-order valence-corrected chi connectivity index (χ0v) is 17.3. The first-order chi connectivity index (χ1) is 15.8. The maximum atomic E-state index is 11.6. The lowest BCUT2D eigenvalue weighted by molar-refractivity contribution is -0.120. The van der Waals surface area contributed by atoms with E-state index in [4.69, 9.17) is 14.7 Å². The maximum Gasteiger partial charge on any atom is 0.239 e. The van der Waals surface area contributed by atoms with Crippen LogP contribution in [0.5, 0.6) is 0 Å². The van der Waals surface area contributed by atoms with Crippen molar-refractivity contribution in [2.24, 2.45) is 0 Å². The van der Waals surface area contributed by atoms with Crippen molar-refractivity contribution in [3.8, 4) is 11.3 Å². The van der Waals surface area contributed by atoms with Crippen LogP contribution in [0.1, 0.15) is 17.4 Å². The summed E-state index contributed by atoms with van der Waals surface area (Å²) in [6, 6.07) is 14.2. The molecule has 9 heteroatoms. The molecule has 0 aliphatic carbocycles. The molecule has 1 aromatic carbocycles. The Morgan fingerprint density at radius 1 is 1.03 bits per heavy atom. The fraction of sp³-hybridized carbons (Fsp3) is 0.261. The molecule has 9 nitrogen and oxygen atoms in total. The average molecular weight is 427 g/mol. The third-order valence-corrected chi connectivity index (χ3v) is 5.87. The highest BCUT2D eigenvalue weighted by Gasteiger charge is 2.26. The molecule has 1 atom stereocenters. The van der Waals surface area contributed by atoms with E-state index in [-0.39, 0.29) is 18.5 Å². The summed E-state index contributed by atoms with van der Waals surface area (Å²) in [6.07, 6.45) is 3.52. The van der Waals surface area contributed by atoms with Gasteiger partial charge in [0.25, 0.3) is 0 Å². The molecule has 1 amide bonds. The number of amides is 1. The molecule has 0 radical (unpaired) electrons. The highest BCUT2D eigenvalue weighted by Crippen LogP contribution is 2.31. The minimum atomic E-state index is -0.0153. The van der Waals surface area contributed by atoms with Crippen LogP contribution < -0.4 is 10.2 Å². The summed E-state index contributed by atoms with van der Waals surface area (Å²) in [5.74, 6) is 1.41. The van der Waals surface area contributed by atoms with Gasteiger partial charge < -0.3 is 19.5 Å². The topological polar surface area (TPSA) is 98.1 Å². The van der Waals surface area contributed by atoms with Gasteiger partial charge >= 0.3 is 0 Å². The van der Waals surface area contributed by atoms with Crippen LogP contribution in [0.25, 0.3) is 22.4 Å². The molecule has 3 aromatic heterocycles. The minimum absolute atomic E-state index is 0.0153. The van der Waals surface area contributed by atoms with E-state index < -0.39 is 0 Å². The van der Waals surface area contributed by atoms with Gasteiger partial charge in [-0.2, -0.15) is 0 Å². The number of pyridine rings is 1. The van der Waals surface area contributed by atoms with Crippen LogP contribution in [0.4, 0.5) is 5.95 Å². The third-order valence-electron chi connectivity index (χ3n) is 5.87. The Kier molecular flexibility index (Phi) is 4.53. The zero-order chi connectivity index (χ0) is 21.5. The van der Waals surface area contributed by atoms with Gasteiger partial charge in [0.2, 0.25) is 11.9 Å². The van der Waals surface area contributed by atoms with Crippen LogP contribution in [0.15, 0.2) is 54.9 Å². The normalized spacial score (nSPS) is 18.4. The number of nitrogens with one attached hydrogen (secondary N) is 1. The molecule has 0 saturated carbocycles. The van der Waals surface area contributed by atoms with Crippen LogP contribution in [0.2, 0.25) is 0 Å². The van der Waals surface area contributed by atoms with Gasteiger partial charge in [-0.05, 0) is 17.7 Å². The molecule has 2 aliphatic rings. The van der Waals surface area contributed by atoms with Crippen molar-refractivity contribution >= 4 is 23.0 Å². The highest BCUT2D eigenvalue weighted by molar-refractivity contribution is 5.82. The van der Waals surface area contributed by atoms with Gasteiger partial charge in [0.1, 0.15) is 17.9 Å². The summed E-state index contributed by atoms with van der Waals surface area (Å²) in [5.41, 5.74) is 4.43. The second-order valence-corrected chi connectivity index (χ2v) is 7.92. The lowest BCUT2D eigenvalue weighted by Crippen LogP contribution is -2.48. The molecule has 1 fully saturated rings. The Balaban J connectivity index is 1.37. The number of imidazole rings is 1. The molecule has 5 heterocycles. The molecule has 160 valence electrons. The highest BCUT2D eigenvalue weighted by atomic mass is 16.5. The largest absolute Gasteiger partial charge is 0.371 e. The number of anilines is 1. The van der Waals surface area contributed by atoms with E-state index in [2.05, 4.69) is 32.0 Å². The Bertz CT molecular complexity index is 1290. The summed E-state index contributed by atoms with van der Waals surface area (Å²) >= 11 is 0. The lowest BCUT2D eigenvalue weighted by atomic mass is 10.1. The number of fused-ring (bicyclic) bond motifs is 3. The summed E-state index contributed by atoms with van der Waals surface area (Å²) in [4.78, 5) is 32.2. The summed E-state index contributed by atoms with van der Waals surface area (Å²) < 4.78 is 8.00. The van der Waals surface area contributed by atoms with E-state index >= 15 is 0 Å². The molecule has 1 saturated heterocycles. The first-order valence-corrected chi connectivity index (χ1v) is 10.6. The number of hydrogen-bond donors (Lipinski definition) is 1. The average Bonchev–Trinajstić information content (AvgIpc) is 3.23. The Morgan fingerprint density at radius 2 is 1.88 bits per heavy atom. The number of carbonyl (C=O) groups excluding carboxylic acids is 1. The SMILES string of the molecule is O=C1CN(c2ncc(-c3ccc4nc5n(c4n3)[C@@H](c3ccccc3)COC5)cn2)CCN1. The number of aromatic nitrogens is 5.